The van der Waals surface area contributed by atoms with Crippen molar-refractivity contribution < 1.29 is 14.0 Å². The number of nitrogens with zero attached hydrogens (tertiary/aromatic N) is 1. The Bertz CT molecular complexity index is 714. The number of amides is 1. The summed E-state index contributed by atoms with van der Waals surface area (Å²) in [4.78, 5) is 17.2. The summed E-state index contributed by atoms with van der Waals surface area (Å²) in [6, 6.07) is 8.73. The molecule has 0 bridgehead atoms. The van der Waals surface area contributed by atoms with Crippen LogP contribution in [0.1, 0.15) is 17.7 Å². The van der Waals surface area contributed by atoms with Crippen molar-refractivity contribution in [2.75, 3.05) is 0 Å². The van der Waals surface area contributed by atoms with Gasteiger partial charge in [0, 0.05) is 12.0 Å². The van der Waals surface area contributed by atoms with Crippen molar-refractivity contribution >= 4 is 34.8 Å². The molecule has 3 rings (SSSR count). The van der Waals surface area contributed by atoms with E-state index in [1.54, 1.807) is 36.6 Å². The molecular weight excluding hydrogens is 327 g/mol. The standard InChI is InChI=1S/C15H12Cl2N2O3/c16-11-4-3-9(6-12(11)17)13-7-14(22-19-13)15(20)18-8-10-2-1-5-21-10/h1-6,14H,7-8H2,(H,18,20). The Morgan fingerprint density at radius 2 is 2.18 bits per heavy atom. The first-order valence-corrected chi connectivity index (χ1v) is 7.37. The van der Waals surface area contributed by atoms with E-state index >= 15 is 0 Å². The Hall–Kier alpha value is -1.98. The molecule has 2 aromatic rings. The molecule has 1 atom stereocenters. The van der Waals surface area contributed by atoms with Crippen molar-refractivity contribution in [3.05, 3.63) is 58.0 Å². The first-order chi connectivity index (χ1) is 10.6. The minimum absolute atomic E-state index is 0.241. The average Bonchev–Trinajstić information content (AvgIpc) is 3.18. The van der Waals surface area contributed by atoms with E-state index in [1.807, 2.05) is 0 Å². The lowest BCUT2D eigenvalue weighted by Gasteiger charge is -2.08. The van der Waals surface area contributed by atoms with Crippen LogP contribution in [0.3, 0.4) is 0 Å². The van der Waals surface area contributed by atoms with Gasteiger partial charge in [-0.1, -0.05) is 34.4 Å². The molecule has 1 N–H and O–H groups in total. The second-order valence-corrected chi connectivity index (χ2v) is 5.58. The number of furan rings is 1. The van der Waals surface area contributed by atoms with Crippen LogP contribution in [0.4, 0.5) is 0 Å². The lowest BCUT2D eigenvalue weighted by atomic mass is 10.0. The zero-order valence-corrected chi connectivity index (χ0v) is 12.9. The molecular formula is C15H12Cl2N2O3. The molecule has 1 aromatic heterocycles. The van der Waals surface area contributed by atoms with Crippen molar-refractivity contribution in [3.63, 3.8) is 0 Å². The van der Waals surface area contributed by atoms with E-state index in [0.29, 0.717) is 34.5 Å². The smallest absolute Gasteiger partial charge is 0.264 e. The molecule has 0 aliphatic carbocycles. The van der Waals surface area contributed by atoms with Crippen LogP contribution in [0.15, 0.2) is 46.2 Å². The van der Waals surface area contributed by atoms with Crippen molar-refractivity contribution in [2.24, 2.45) is 5.16 Å². The van der Waals surface area contributed by atoms with Crippen LogP contribution in [-0.2, 0) is 16.2 Å². The third kappa shape index (κ3) is 3.26. The van der Waals surface area contributed by atoms with Crippen molar-refractivity contribution in [1.29, 1.82) is 0 Å². The minimum atomic E-state index is -0.653. The molecule has 1 aromatic carbocycles. The summed E-state index contributed by atoms with van der Waals surface area (Å²) in [5.74, 6) is 0.437. The Morgan fingerprint density at radius 1 is 1.32 bits per heavy atom. The monoisotopic (exact) mass is 338 g/mol. The Morgan fingerprint density at radius 3 is 2.91 bits per heavy atom. The summed E-state index contributed by atoms with van der Waals surface area (Å²) in [6.45, 7) is 0.313. The summed E-state index contributed by atoms with van der Waals surface area (Å²) >= 11 is 11.9. The molecule has 1 aliphatic rings. The number of benzene rings is 1. The number of nitrogens with one attached hydrogen (secondary N) is 1. The largest absolute Gasteiger partial charge is 0.467 e. The maximum atomic E-state index is 12.0. The summed E-state index contributed by atoms with van der Waals surface area (Å²) in [5.41, 5.74) is 1.45. The van der Waals surface area contributed by atoms with E-state index in [0.717, 1.165) is 5.56 Å². The molecule has 1 unspecified atom stereocenters. The van der Waals surface area contributed by atoms with Gasteiger partial charge in [-0.25, -0.2) is 0 Å². The first-order valence-electron chi connectivity index (χ1n) is 6.61. The third-order valence-electron chi connectivity index (χ3n) is 3.23. The zero-order chi connectivity index (χ0) is 15.5. The zero-order valence-electron chi connectivity index (χ0n) is 11.4. The van der Waals surface area contributed by atoms with Crippen LogP contribution in [0.25, 0.3) is 0 Å². The number of halogens is 2. The predicted octanol–water partition coefficient (Wildman–Crippen LogP) is 3.40. The second kappa shape index (κ2) is 6.42. The molecule has 0 spiro atoms. The molecule has 1 amide bonds. The predicted molar refractivity (Wildman–Crippen MR) is 83.0 cm³/mol. The summed E-state index contributed by atoms with van der Waals surface area (Å²) < 4.78 is 5.15. The highest BCUT2D eigenvalue weighted by atomic mass is 35.5. The highest BCUT2D eigenvalue weighted by molar-refractivity contribution is 6.42. The molecule has 114 valence electrons. The van der Waals surface area contributed by atoms with Crippen molar-refractivity contribution in [3.8, 4) is 0 Å². The normalized spacial score (nSPS) is 17.0. The number of oxime groups is 1. The van der Waals surface area contributed by atoms with E-state index in [1.165, 1.54) is 0 Å². The molecule has 0 fully saturated rings. The summed E-state index contributed by atoms with van der Waals surface area (Å²) in [6.07, 6.45) is 1.28. The van der Waals surface area contributed by atoms with Gasteiger partial charge >= 0.3 is 0 Å². The SMILES string of the molecule is O=C(NCc1ccco1)C1CC(c2ccc(Cl)c(Cl)c2)=NO1. The maximum absolute atomic E-state index is 12.0. The van der Waals surface area contributed by atoms with Gasteiger partial charge in [-0.15, -0.1) is 0 Å². The Balaban J connectivity index is 1.58. The van der Waals surface area contributed by atoms with Gasteiger partial charge in [0.05, 0.1) is 28.6 Å². The van der Waals surface area contributed by atoms with Gasteiger partial charge in [0.2, 0.25) is 6.10 Å². The molecule has 0 radical (unpaired) electrons. The highest BCUT2D eigenvalue weighted by Gasteiger charge is 2.29. The summed E-state index contributed by atoms with van der Waals surface area (Å²) in [5, 5.41) is 7.60. The second-order valence-electron chi connectivity index (χ2n) is 4.76. The number of hydrogen-bond acceptors (Lipinski definition) is 4. The fourth-order valence-electron chi connectivity index (χ4n) is 2.07. The third-order valence-corrected chi connectivity index (χ3v) is 3.97. The van der Waals surface area contributed by atoms with Crippen LogP contribution in [0, 0.1) is 0 Å². The highest BCUT2D eigenvalue weighted by Crippen LogP contribution is 2.25. The first kappa shape index (κ1) is 14.9. The lowest BCUT2D eigenvalue weighted by Crippen LogP contribution is -2.34. The van der Waals surface area contributed by atoms with Crippen LogP contribution >= 0.6 is 23.2 Å². The molecule has 0 saturated carbocycles. The summed E-state index contributed by atoms with van der Waals surface area (Å²) in [7, 11) is 0. The van der Waals surface area contributed by atoms with Crippen LogP contribution < -0.4 is 5.32 Å². The molecule has 22 heavy (non-hydrogen) atoms. The van der Waals surface area contributed by atoms with E-state index < -0.39 is 6.10 Å². The van der Waals surface area contributed by atoms with Crippen molar-refractivity contribution in [2.45, 2.75) is 19.1 Å². The molecule has 7 heteroatoms. The van der Waals surface area contributed by atoms with Crippen LogP contribution in [-0.4, -0.2) is 17.7 Å². The molecule has 1 aliphatic heterocycles. The van der Waals surface area contributed by atoms with E-state index in [-0.39, 0.29) is 5.91 Å². The van der Waals surface area contributed by atoms with Gasteiger partial charge in [-0.05, 0) is 24.3 Å². The molecule has 5 nitrogen and oxygen atoms in total. The topological polar surface area (TPSA) is 63.8 Å². The maximum Gasteiger partial charge on any atom is 0.264 e. The average molecular weight is 339 g/mol. The van der Waals surface area contributed by atoms with Crippen LogP contribution in [0.2, 0.25) is 10.0 Å². The fourth-order valence-corrected chi connectivity index (χ4v) is 2.36. The quantitative estimate of drug-likeness (QED) is 0.929. The fraction of sp³-hybridized carbons (Fsp3) is 0.200. The number of hydrogen-bond donors (Lipinski definition) is 1. The molecule has 2 heterocycles. The number of carbonyl (C=O) groups excluding carboxylic acids is 1. The van der Waals surface area contributed by atoms with E-state index in [4.69, 9.17) is 32.5 Å². The van der Waals surface area contributed by atoms with Gasteiger partial charge in [0.1, 0.15) is 5.76 Å². The van der Waals surface area contributed by atoms with E-state index in [2.05, 4.69) is 10.5 Å². The van der Waals surface area contributed by atoms with Gasteiger partial charge in [0.15, 0.2) is 0 Å². The number of carbonyl (C=O) groups is 1. The molecule has 0 saturated heterocycles. The van der Waals surface area contributed by atoms with Crippen LogP contribution in [0.5, 0.6) is 0 Å². The van der Waals surface area contributed by atoms with Gasteiger partial charge in [-0.3, -0.25) is 4.79 Å². The van der Waals surface area contributed by atoms with Gasteiger partial charge < -0.3 is 14.6 Å². The van der Waals surface area contributed by atoms with Gasteiger partial charge in [-0.2, -0.15) is 0 Å². The Labute approximate surface area is 136 Å². The number of rotatable bonds is 4. The van der Waals surface area contributed by atoms with Gasteiger partial charge in [0.25, 0.3) is 5.91 Å². The minimum Gasteiger partial charge on any atom is -0.467 e. The Kier molecular flexibility index (Phi) is 4.36. The van der Waals surface area contributed by atoms with E-state index in [9.17, 15) is 4.79 Å². The van der Waals surface area contributed by atoms with Crippen molar-refractivity contribution in [1.82, 2.24) is 5.32 Å². The lowest BCUT2D eigenvalue weighted by molar-refractivity contribution is -0.131.